The molecule has 17 nitrogen and oxygen atoms in total. The van der Waals surface area contributed by atoms with E-state index in [4.69, 9.17) is 37.0 Å². The fourth-order valence-electron chi connectivity index (χ4n) is 12.8. The molecule has 102 heavy (non-hydrogen) atoms. The van der Waals surface area contributed by atoms with E-state index in [9.17, 15) is 43.2 Å². The fraction of sp³-hybridized carbons (Fsp3) is 0.952. The van der Waals surface area contributed by atoms with Crippen LogP contribution in [0.4, 0.5) is 0 Å². The SMILES string of the molecule is CCCCCCCCCCCCCCCCCCCC(=O)O[C@H](COC(=O)CCCCCCCCC(C)C)COP(=O)(O)OC[C@H](O)COP(=O)(O)OC[C@@H](COC(=O)CCCCCCCCCCCCCCCCC(C)CC)OC(=O)CCCCCCCCCCCCCCCCCC(C)C. The van der Waals surface area contributed by atoms with Gasteiger partial charge in [0.25, 0.3) is 0 Å². The molecule has 0 aliphatic heterocycles. The largest absolute Gasteiger partial charge is 0.472 e. The summed E-state index contributed by atoms with van der Waals surface area (Å²) in [6.07, 6.45) is 62.5. The molecule has 0 aromatic heterocycles. The molecule has 0 amide bonds. The Balaban J connectivity index is 5.23. The number of hydrogen-bond donors (Lipinski definition) is 3. The number of unbranched alkanes of at least 4 members (excludes halogenated alkanes) is 48. The summed E-state index contributed by atoms with van der Waals surface area (Å²) < 4.78 is 68.8. The average Bonchev–Trinajstić information content (AvgIpc) is 0.977. The highest BCUT2D eigenvalue weighted by Gasteiger charge is 2.30. The third kappa shape index (κ3) is 74.9. The molecule has 0 saturated carbocycles. The third-order valence-electron chi connectivity index (χ3n) is 19.7. The molecule has 6 atom stereocenters. The minimum atomic E-state index is -4.96. The van der Waals surface area contributed by atoms with Gasteiger partial charge in [-0.15, -0.1) is 0 Å². The summed E-state index contributed by atoms with van der Waals surface area (Å²) in [6.45, 7) is 12.0. The highest BCUT2D eigenvalue weighted by molar-refractivity contribution is 7.47. The first-order chi connectivity index (χ1) is 49.3. The highest BCUT2D eigenvalue weighted by Crippen LogP contribution is 2.45. The molecule has 0 aliphatic carbocycles. The zero-order valence-electron chi connectivity index (χ0n) is 67.1. The van der Waals surface area contributed by atoms with Gasteiger partial charge in [-0.2, -0.15) is 0 Å². The Labute approximate surface area is 626 Å². The number of phosphoric ester groups is 2. The Bertz CT molecular complexity index is 1980. The lowest BCUT2D eigenvalue weighted by atomic mass is 9.99. The molecule has 0 aromatic carbocycles. The van der Waals surface area contributed by atoms with E-state index in [1.807, 2.05) is 0 Å². The molecule has 0 bridgehead atoms. The van der Waals surface area contributed by atoms with Gasteiger partial charge in [0.05, 0.1) is 26.4 Å². The van der Waals surface area contributed by atoms with Gasteiger partial charge in [0, 0.05) is 25.7 Å². The number of rotatable bonds is 81. The zero-order valence-corrected chi connectivity index (χ0v) is 68.9. The van der Waals surface area contributed by atoms with Gasteiger partial charge in [-0.05, 0) is 43.4 Å². The molecule has 0 aliphatic rings. The number of carbonyl (C=O) groups is 4. The van der Waals surface area contributed by atoms with E-state index >= 15 is 0 Å². The van der Waals surface area contributed by atoms with Crippen LogP contribution in [0.1, 0.15) is 434 Å². The van der Waals surface area contributed by atoms with Crippen molar-refractivity contribution < 1.29 is 80.2 Å². The van der Waals surface area contributed by atoms with Crippen LogP contribution in [0.25, 0.3) is 0 Å². The Morgan fingerprint density at radius 3 is 0.745 bits per heavy atom. The zero-order chi connectivity index (χ0) is 75.1. The van der Waals surface area contributed by atoms with Crippen molar-refractivity contribution in [1.82, 2.24) is 0 Å². The molecule has 0 aromatic rings. The van der Waals surface area contributed by atoms with Gasteiger partial charge in [0.1, 0.15) is 19.3 Å². The number of esters is 4. The van der Waals surface area contributed by atoms with Crippen LogP contribution in [-0.4, -0.2) is 96.7 Å². The van der Waals surface area contributed by atoms with Gasteiger partial charge in [-0.3, -0.25) is 37.3 Å². The standard InChI is InChI=1S/C83H162O17P2/c1-8-10-11-12-13-14-15-16-17-18-21-28-33-38-43-52-59-67-83(88)100-79(71-94-81(86)65-58-51-46-45-48-55-62-75(5)6)73-98-102(91,92)96-69-77(84)68-95-101(89,90)97-72-78(99-82(87)66-60-53-44-39-34-29-22-19-20-25-30-35-40-47-54-61-74(3)4)70-93-80(85)64-57-50-42-37-32-27-24-23-26-31-36-41-49-56-63-76(7)9-2/h74-79,84H,8-73H2,1-7H3,(H,89,90)(H,91,92)/t76?,77-,78-,79-/m1/s1. The van der Waals surface area contributed by atoms with E-state index < -0.39 is 97.5 Å². The predicted molar refractivity (Wildman–Crippen MR) is 418 cm³/mol. The average molecular weight is 1490 g/mol. The van der Waals surface area contributed by atoms with Crippen molar-refractivity contribution in [3.05, 3.63) is 0 Å². The Morgan fingerprint density at radius 1 is 0.284 bits per heavy atom. The summed E-state index contributed by atoms with van der Waals surface area (Å²) in [5.41, 5.74) is 0. The number of ether oxygens (including phenoxy) is 4. The quantitative estimate of drug-likeness (QED) is 0.0222. The van der Waals surface area contributed by atoms with Crippen LogP contribution in [0.3, 0.4) is 0 Å². The summed E-state index contributed by atoms with van der Waals surface area (Å²) in [5.74, 6) is 0.222. The molecular formula is C83H162O17P2. The minimum absolute atomic E-state index is 0.107. The molecule has 0 saturated heterocycles. The topological polar surface area (TPSA) is 237 Å². The third-order valence-corrected chi connectivity index (χ3v) is 21.6. The van der Waals surface area contributed by atoms with Crippen LogP contribution in [0, 0.1) is 17.8 Å². The Hall–Kier alpha value is -1.94. The van der Waals surface area contributed by atoms with Gasteiger partial charge in [0.15, 0.2) is 12.2 Å². The first-order valence-electron chi connectivity index (χ1n) is 42.9. The van der Waals surface area contributed by atoms with Gasteiger partial charge in [-0.1, -0.05) is 382 Å². The summed E-state index contributed by atoms with van der Waals surface area (Å²) >= 11 is 0. The molecule has 0 fully saturated rings. The predicted octanol–water partition coefficient (Wildman–Crippen LogP) is 24.9. The second-order valence-electron chi connectivity index (χ2n) is 31.1. The molecule has 3 unspecified atom stereocenters. The number of hydrogen-bond acceptors (Lipinski definition) is 15. The molecule has 0 radical (unpaired) electrons. The first-order valence-corrected chi connectivity index (χ1v) is 45.9. The van der Waals surface area contributed by atoms with Crippen molar-refractivity contribution >= 4 is 39.5 Å². The van der Waals surface area contributed by atoms with E-state index in [0.29, 0.717) is 31.6 Å². The second kappa shape index (κ2) is 73.2. The van der Waals surface area contributed by atoms with Gasteiger partial charge >= 0.3 is 39.5 Å². The van der Waals surface area contributed by atoms with Crippen molar-refractivity contribution in [1.29, 1.82) is 0 Å². The minimum Gasteiger partial charge on any atom is -0.462 e. The van der Waals surface area contributed by atoms with Crippen molar-refractivity contribution in [2.45, 2.75) is 452 Å². The fourth-order valence-corrected chi connectivity index (χ4v) is 14.4. The lowest BCUT2D eigenvalue weighted by molar-refractivity contribution is -0.161. The molecule has 0 heterocycles. The van der Waals surface area contributed by atoms with Crippen LogP contribution in [0.5, 0.6) is 0 Å². The van der Waals surface area contributed by atoms with Gasteiger partial charge in [0.2, 0.25) is 0 Å². The highest BCUT2D eigenvalue weighted by atomic mass is 31.2. The number of phosphoric acid groups is 2. The lowest BCUT2D eigenvalue weighted by Crippen LogP contribution is -2.30. The molecule has 0 spiro atoms. The van der Waals surface area contributed by atoms with E-state index in [-0.39, 0.29) is 25.7 Å². The Kier molecular flexibility index (Phi) is 71.8. The van der Waals surface area contributed by atoms with E-state index in [1.165, 1.54) is 238 Å². The number of aliphatic hydroxyl groups excluding tert-OH is 1. The molecule has 3 N–H and O–H groups in total. The summed E-state index contributed by atoms with van der Waals surface area (Å²) in [4.78, 5) is 73.1. The number of carbonyl (C=O) groups excluding carboxylic acids is 4. The maximum atomic E-state index is 13.1. The first kappa shape index (κ1) is 100. The maximum absolute atomic E-state index is 13.1. The summed E-state index contributed by atoms with van der Waals surface area (Å²) in [6, 6.07) is 0. The lowest BCUT2D eigenvalue weighted by Gasteiger charge is -2.21. The molecular weight excluding hydrogens is 1330 g/mol. The smallest absolute Gasteiger partial charge is 0.462 e. The number of aliphatic hydroxyl groups is 1. The van der Waals surface area contributed by atoms with Gasteiger partial charge in [-0.25, -0.2) is 9.13 Å². The van der Waals surface area contributed by atoms with Gasteiger partial charge < -0.3 is 33.8 Å². The molecule has 19 heteroatoms. The normalized spacial score (nSPS) is 14.2. The van der Waals surface area contributed by atoms with Crippen LogP contribution in [0.2, 0.25) is 0 Å². The summed E-state index contributed by atoms with van der Waals surface area (Å²) in [7, 11) is -9.92. The second-order valence-corrected chi connectivity index (χ2v) is 34.0. The van der Waals surface area contributed by atoms with E-state index in [2.05, 4.69) is 48.5 Å². The van der Waals surface area contributed by atoms with Crippen LogP contribution in [0.15, 0.2) is 0 Å². The van der Waals surface area contributed by atoms with Crippen LogP contribution >= 0.6 is 15.6 Å². The van der Waals surface area contributed by atoms with Crippen molar-refractivity contribution in [2.24, 2.45) is 17.8 Å². The van der Waals surface area contributed by atoms with Crippen LogP contribution < -0.4 is 0 Å². The maximum Gasteiger partial charge on any atom is 0.472 e. The van der Waals surface area contributed by atoms with Crippen molar-refractivity contribution in [3.8, 4) is 0 Å². The van der Waals surface area contributed by atoms with Crippen molar-refractivity contribution in [2.75, 3.05) is 39.6 Å². The molecule has 606 valence electrons. The molecule has 0 rings (SSSR count). The van der Waals surface area contributed by atoms with E-state index in [1.54, 1.807) is 0 Å². The monoisotopic (exact) mass is 1490 g/mol. The Morgan fingerprint density at radius 2 is 0.500 bits per heavy atom. The summed E-state index contributed by atoms with van der Waals surface area (Å²) in [5, 5.41) is 10.7. The van der Waals surface area contributed by atoms with Crippen LogP contribution in [-0.2, 0) is 65.4 Å². The van der Waals surface area contributed by atoms with E-state index in [0.717, 1.165) is 108 Å². The van der Waals surface area contributed by atoms with Crippen molar-refractivity contribution in [3.63, 3.8) is 0 Å².